The van der Waals surface area contributed by atoms with Crippen molar-refractivity contribution >= 4 is 29.1 Å². The monoisotopic (exact) mass is 351 g/mol. The zero-order valence-corrected chi connectivity index (χ0v) is 14.6. The second-order valence-corrected chi connectivity index (χ2v) is 6.28. The summed E-state index contributed by atoms with van der Waals surface area (Å²) in [6, 6.07) is 16.9. The van der Waals surface area contributed by atoms with E-state index in [0.717, 1.165) is 5.56 Å². The van der Waals surface area contributed by atoms with Crippen LogP contribution in [-0.2, 0) is 20.9 Å². The number of benzene rings is 2. The van der Waals surface area contributed by atoms with Gasteiger partial charge in [0.25, 0.3) is 0 Å². The highest BCUT2D eigenvalue weighted by atomic mass is 16.2. The molecule has 6 heteroatoms. The van der Waals surface area contributed by atoms with Gasteiger partial charge in [-0.05, 0) is 17.7 Å². The number of nitrogens with one attached hydrogen (secondary N) is 1. The Morgan fingerprint density at radius 3 is 2.50 bits per heavy atom. The lowest BCUT2D eigenvalue weighted by atomic mass is 10.1. The van der Waals surface area contributed by atoms with Crippen LogP contribution in [0.3, 0.4) is 0 Å². The Hall–Kier alpha value is -3.15. The lowest BCUT2D eigenvalue weighted by Gasteiger charge is -2.29. The SMILES string of the molecule is CN(Cc1ccccc1)C(=O)CCC(=O)N1CC(=O)Nc2ccccc21. The van der Waals surface area contributed by atoms with Gasteiger partial charge in [-0.2, -0.15) is 0 Å². The van der Waals surface area contributed by atoms with E-state index in [-0.39, 0.29) is 37.1 Å². The van der Waals surface area contributed by atoms with E-state index < -0.39 is 0 Å². The van der Waals surface area contributed by atoms with Crippen LogP contribution in [0.2, 0.25) is 0 Å². The van der Waals surface area contributed by atoms with Crippen LogP contribution in [0.1, 0.15) is 18.4 Å². The topological polar surface area (TPSA) is 69.7 Å². The van der Waals surface area contributed by atoms with Crippen LogP contribution in [0, 0.1) is 0 Å². The molecule has 0 fully saturated rings. The molecule has 0 radical (unpaired) electrons. The first-order valence-electron chi connectivity index (χ1n) is 8.52. The molecule has 0 spiro atoms. The highest BCUT2D eigenvalue weighted by Crippen LogP contribution is 2.29. The van der Waals surface area contributed by atoms with E-state index in [9.17, 15) is 14.4 Å². The number of hydrogen-bond donors (Lipinski definition) is 1. The first-order chi connectivity index (χ1) is 12.5. The Balaban J connectivity index is 1.58. The first kappa shape index (κ1) is 17.7. The van der Waals surface area contributed by atoms with Crippen LogP contribution < -0.4 is 10.2 Å². The standard InChI is InChI=1S/C20H21N3O3/c1-22(13-15-7-3-2-4-8-15)19(25)11-12-20(26)23-14-18(24)21-16-9-5-6-10-17(16)23/h2-10H,11-14H2,1H3,(H,21,24). The lowest BCUT2D eigenvalue weighted by Crippen LogP contribution is -2.42. The van der Waals surface area contributed by atoms with Crippen molar-refractivity contribution in [2.45, 2.75) is 19.4 Å². The molecule has 0 aliphatic carbocycles. The van der Waals surface area contributed by atoms with E-state index in [4.69, 9.17) is 0 Å². The van der Waals surface area contributed by atoms with Gasteiger partial charge in [-0.3, -0.25) is 14.4 Å². The predicted molar refractivity (Wildman–Crippen MR) is 99.6 cm³/mol. The minimum Gasteiger partial charge on any atom is -0.341 e. The maximum atomic E-state index is 12.6. The van der Waals surface area contributed by atoms with Crippen molar-refractivity contribution in [2.75, 3.05) is 23.8 Å². The van der Waals surface area contributed by atoms with Crippen molar-refractivity contribution in [2.24, 2.45) is 0 Å². The molecule has 0 saturated heterocycles. The summed E-state index contributed by atoms with van der Waals surface area (Å²) in [5, 5.41) is 2.75. The van der Waals surface area contributed by atoms with E-state index in [1.807, 2.05) is 36.4 Å². The predicted octanol–water partition coefficient (Wildman–Crippen LogP) is 2.41. The van der Waals surface area contributed by atoms with Crippen molar-refractivity contribution in [3.8, 4) is 0 Å². The highest BCUT2D eigenvalue weighted by molar-refractivity contribution is 6.10. The van der Waals surface area contributed by atoms with Crippen molar-refractivity contribution in [1.82, 2.24) is 4.90 Å². The average molecular weight is 351 g/mol. The summed E-state index contributed by atoms with van der Waals surface area (Å²) in [6.45, 7) is 0.479. The molecular formula is C20H21N3O3. The maximum Gasteiger partial charge on any atom is 0.244 e. The smallest absolute Gasteiger partial charge is 0.244 e. The molecule has 0 saturated carbocycles. The van der Waals surface area contributed by atoms with Crippen LogP contribution in [0.5, 0.6) is 0 Å². The third-order valence-electron chi connectivity index (χ3n) is 4.31. The third-order valence-corrected chi connectivity index (χ3v) is 4.31. The Kier molecular flexibility index (Phi) is 5.31. The van der Waals surface area contributed by atoms with Crippen molar-refractivity contribution in [1.29, 1.82) is 0 Å². The fourth-order valence-corrected chi connectivity index (χ4v) is 2.94. The summed E-state index contributed by atoms with van der Waals surface area (Å²) < 4.78 is 0. The summed E-state index contributed by atoms with van der Waals surface area (Å²) in [7, 11) is 1.73. The number of amides is 3. The van der Waals surface area contributed by atoms with Crippen LogP contribution in [0.25, 0.3) is 0 Å². The first-order valence-corrected chi connectivity index (χ1v) is 8.52. The zero-order valence-electron chi connectivity index (χ0n) is 14.6. The molecule has 0 aromatic heterocycles. The molecule has 1 aliphatic rings. The Labute approximate surface area is 152 Å². The molecule has 2 aromatic carbocycles. The molecule has 3 rings (SSSR count). The Bertz CT molecular complexity index is 820. The molecule has 1 N–H and O–H groups in total. The van der Waals surface area contributed by atoms with Crippen LogP contribution in [0.4, 0.5) is 11.4 Å². The average Bonchev–Trinajstić information content (AvgIpc) is 2.65. The molecule has 0 atom stereocenters. The van der Waals surface area contributed by atoms with Gasteiger partial charge in [0.15, 0.2) is 0 Å². The van der Waals surface area contributed by atoms with Gasteiger partial charge >= 0.3 is 0 Å². The van der Waals surface area contributed by atoms with Gasteiger partial charge in [0.2, 0.25) is 17.7 Å². The fraction of sp³-hybridized carbons (Fsp3) is 0.250. The minimum absolute atomic E-state index is 0.0239. The lowest BCUT2D eigenvalue weighted by molar-refractivity contribution is -0.132. The molecule has 1 aliphatic heterocycles. The van der Waals surface area contributed by atoms with Gasteiger partial charge in [0.05, 0.1) is 11.4 Å². The van der Waals surface area contributed by atoms with E-state index in [1.54, 1.807) is 30.1 Å². The summed E-state index contributed by atoms with van der Waals surface area (Å²) >= 11 is 0. The normalized spacial score (nSPS) is 13.0. The summed E-state index contributed by atoms with van der Waals surface area (Å²) in [5.41, 5.74) is 2.32. The van der Waals surface area contributed by atoms with Crippen LogP contribution in [0.15, 0.2) is 54.6 Å². The summed E-state index contributed by atoms with van der Waals surface area (Å²) in [5.74, 6) is -0.560. The quantitative estimate of drug-likeness (QED) is 0.899. The summed E-state index contributed by atoms with van der Waals surface area (Å²) in [4.78, 5) is 39.8. The Morgan fingerprint density at radius 1 is 1.04 bits per heavy atom. The number of para-hydroxylation sites is 2. The summed E-state index contributed by atoms with van der Waals surface area (Å²) in [6.07, 6.45) is 0.183. The molecule has 0 unspecified atom stereocenters. The van der Waals surface area contributed by atoms with E-state index in [2.05, 4.69) is 5.32 Å². The molecule has 6 nitrogen and oxygen atoms in total. The molecule has 2 aromatic rings. The largest absolute Gasteiger partial charge is 0.341 e. The number of fused-ring (bicyclic) bond motifs is 1. The van der Waals surface area contributed by atoms with Crippen molar-refractivity contribution < 1.29 is 14.4 Å². The van der Waals surface area contributed by atoms with Gasteiger partial charge in [0.1, 0.15) is 6.54 Å². The highest BCUT2D eigenvalue weighted by Gasteiger charge is 2.26. The number of rotatable bonds is 5. The number of carbonyl (C=O) groups excluding carboxylic acids is 3. The van der Waals surface area contributed by atoms with Crippen molar-refractivity contribution in [3.63, 3.8) is 0 Å². The Morgan fingerprint density at radius 2 is 1.73 bits per heavy atom. The van der Waals surface area contributed by atoms with Crippen molar-refractivity contribution in [3.05, 3.63) is 60.2 Å². The minimum atomic E-state index is -0.232. The van der Waals surface area contributed by atoms with Crippen LogP contribution >= 0.6 is 0 Å². The molecule has 134 valence electrons. The third kappa shape index (κ3) is 4.08. The molecule has 26 heavy (non-hydrogen) atoms. The van der Waals surface area contributed by atoms with E-state index in [0.29, 0.717) is 17.9 Å². The number of hydrogen-bond acceptors (Lipinski definition) is 3. The van der Waals surface area contributed by atoms with Gasteiger partial charge in [0, 0.05) is 26.4 Å². The second-order valence-electron chi connectivity index (χ2n) is 6.28. The van der Waals surface area contributed by atoms with Gasteiger partial charge in [-0.25, -0.2) is 0 Å². The molecule has 1 heterocycles. The number of carbonyl (C=O) groups is 3. The van der Waals surface area contributed by atoms with Gasteiger partial charge in [-0.15, -0.1) is 0 Å². The second kappa shape index (κ2) is 7.82. The number of anilines is 2. The fourth-order valence-electron chi connectivity index (χ4n) is 2.94. The molecular weight excluding hydrogens is 330 g/mol. The van der Waals surface area contributed by atoms with Crippen LogP contribution in [-0.4, -0.2) is 36.2 Å². The van der Waals surface area contributed by atoms with Gasteiger partial charge in [-0.1, -0.05) is 42.5 Å². The van der Waals surface area contributed by atoms with E-state index >= 15 is 0 Å². The zero-order chi connectivity index (χ0) is 18.5. The van der Waals surface area contributed by atoms with E-state index in [1.165, 1.54) is 4.90 Å². The number of nitrogens with zero attached hydrogens (tertiary/aromatic N) is 2. The molecule has 3 amide bonds. The maximum absolute atomic E-state index is 12.6. The van der Waals surface area contributed by atoms with Gasteiger partial charge < -0.3 is 15.1 Å². The molecule has 0 bridgehead atoms.